The molecule has 6 heteroatoms. The van der Waals surface area contributed by atoms with Crippen LogP contribution >= 0.6 is 0 Å². The van der Waals surface area contributed by atoms with Crippen molar-refractivity contribution in [3.05, 3.63) is 0 Å². The lowest BCUT2D eigenvalue weighted by molar-refractivity contribution is 0.189. The van der Waals surface area contributed by atoms with Gasteiger partial charge < -0.3 is 28.4 Å². The second kappa shape index (κ2) is 32.2. The van der Waals surface area contributed by atoms with Gasteiger partial charge in [0.25, 0.3) is 0 Å². The van der Waals surface area contributed by atoms with Gasteiger partial charge in [-0.15, -0.1) is 0 Å². The average Bonchev–Trinajstić information content (AvgIpc) is 3.09. The molecule has 0 amide bonds. The topological polar surface area (TPSA) is 55.4 Å². The summed E-state index contributed by atoms with van der Waals surface area (Å²) in [5.74, 6) is 3.77. The Bertz CT molecular complexity index is 659. The van der Waals surface area contributed by atoms with Gasteiger partial charge in [0.1, 0.15) is 0 Å². The fourth-order valence-corrected chi connectivity index (χ4v) is 5.62. The maximum absolute atomic E-state index is 6.69. The van der Waals surface area contributed by atoms with Crippen LogP contribution in [0.15, 0.2) is 0 Å². The van der Waals surface area contributed by atoms with Crippen LogP contribution in [-0.4, -0.2) is 39.6 Å². The second-order valence-electron chi connectivity index (χ2n) is 13.4. The maximum atomic E-state index is 6.69. The van der Waals surface area contributed by atoms with Crippen LogP contribution in [0, 0.1) is 0 Å². The molecule has 0 aliphatic rings. The summed E-state index contributed by atoms with van der Waals surface area (Å²) in [6.07, 6.45) is 27.1. The SMILES string of the molecule is CCCCCCOc1c(OCCCCCC)c(OCCCCCC)c(OCCCCCC)c(OCCCCCC)c1OCCCCCC. The van der Waals surface area contributed by atoms with Crippen molar-refractivity contribution in [3.8, 4) is 34.5 Å². The van der Waals surface area contributed by atoms with E-state index in [-0.39, 0.29) is 0 Å². The first-order valence-corrected chi connectivity index (χ1v) is 20.7. The first-order valence-electron chi connectivity index (χ1n) is 20.7. The molecule has 0 heterocycles. The molecule has 0 atom stereocenters. The van der Waals surface area contributed by atoms with Crippen molar-refractivity contribution < 1.29 is 28.4 Å². The van der Waals surface area contributed by atoms with Gasteiger partial charge in [0, 0.05) is 0 Å². The molecule has 1 aromatic rings. The van der Waals surface area contributed by atoms with E-state index in [9.17, 15) is 0 Å². The normalized spacial score (nSPS) is 11.1. The molecule has 0 saturated carbocycles. The van der Waals surface area contributed by atoms with E-state index in [4.69, 9.17) is 28.4 Å². The Morgan fingerprint density at radius 2 is 0.354 bits per heavy atom. The highest BCUT2D eigenvalue weighted by atomic mass is 16.6. The lowest BCUT2D eigenvalue weighted by Gasteiger charge is -2.26. The lowest BCUT2D eigenvalue weighted by atomic mass is 10.1. The van der Waals surface area contributed by atoms with Crippen molar-refractivity contribution >= 4 is 0 Å². The molecule has 0 aliphatic carbocycles. The van der Waals surface area contributed by atoms with Crippen LogP contribution in [0.25, 0.3) is 0 Å². The van der Waals surface area contributed by atoms with Crippen LogP contribution in [0.2, 0.25) is 0 Å². The van der Waals surface area contributed by atoms with Gasteiger partial charge in [-0.2, -0.15) is 0 Å². The first kappa shape index (κ1) is 44.0. The molecule has 6 nitrogen and oxygen atoms in total. The van der Waals surface area contributed by atoms with Crippen LogP contribution < -0.4 is 28.4 Å². The van der Waals surface area contributed by atoms with E-state index in [2.05, 4.69) is 41.5 Å². The summed E-state index contributed by atoms with van der Waals surface area (Å²) in [6, 6.07) is 0. The maximum Gasteiger partial charge on any atom is 0.211 e. The van der Waals surface area contributed by atoms with E-state index in [1.54, 1.807) is 0 Å². The Kier molecular flexibility index (Phi) is 29.6. The van der Waals surface area contributed by atoms with Crippen LogP contribution in [0.5, 0.6) is 34.5 Å². The Morgan fingerprint density at radius 1 is 0.208 bits per heavy atom. The Labute approximate surface area is 297 Å². The summed E-state index contributed by atoms with van der Waals surface area (Å²) in [5, 5.41) is 0. The van der Waals surface area contributed by atoms with Crippen LogP contribution in [-0.2, 0) is 0 Å². The summed E-state index contributed by atoms with van der Waals surface area (Å²) in [6.45, 7) is 17.0. The van der Waals surface area contributed by atoms with Gasteiger partial charge in [-0.1, -0.05) is 157 Å². The Morgan fingerprint density at radius 3 is 0.479 bits per heavy atom. The monoisotopic (exact) mass is 679 g/mol. The average molecular weight is 679 g/mol. The molecule has 0 fully saturated rings. The molecule has 0 N–H and O–H groups in total. The van der Waals surface area contributed by atoms with Crippen molar-refractivity contribution in [2.24, 2.45) is 0 Å². The predicted molar refractivity (Wildman–Crippen MR) is 204 cm³/mol. The molecule has 0 radical (unpaired) electrons. The summed E-state index contributed by atoms with van der Waals surface area (Å²) < 4.78 is 40.1. The zero-order chi connectivity index (χ0) is 34.9. The van der Waals surface area contributed by atoms with Gasteiger partial charge in [0.2, 0.25) is 34.5 Å². The Hall–Kier alpha value is -1.98. The van der Waals surface area contributed by atoms with Crippen molar-refractivity contribution in [3.63, 3.8) is 0 Å². The smallest absolute Gasteiger partial charge is 0.211 e. The molecule has 48 heavy (non-hydrogen) atoms. The van der Waals surface area contributed by atoms with Gasteiger partial charge in [-0.25, -0.2) is 0 Å². The molecular weight excluding hydrogens is 600 g/mol. The zero-order valence-electron chi connectivity index (χ0n) is 32.7. The molecule has 0 aromatic heterocycles. The first-order chi connectivity index (χ1) is 23.7. The molecule has 0 saturated heterocycles. The van der Waals surface area contributed by atoms with E-state index in [0.29, 0.717) is 74.1 Å². The minimum atomic E-state index is 0.599. The summed E-state index contributed by atoms with van der Waals surface area (Å²) in [4.78, 5) is 0. The second-order valence-corrected chi connectivity index (χ2v) is 13.4. The molecule has 1 rings (SSSR count). The fourth-order valence-electron chi connectivity index (χ4n) is 5.62. The molecular formula is C42H78O6. The standard InChI is InChI=1S/C42H78O6/c1-7-13-19-25-31-43-37-38(44-32-26-20-14-8-2)40(46-34-28-22-16-10-4)42(48-36-30-24-18-12-6)41(47-35-29-23-17-11-5)39(37)45-33-27-21-15-9-3/h7-36H2,1-6H3. The quantitative estimate of drug-likeness (QED) is 0.0658. The van der Waals surface area contributed by atoms with Crippen LogP contribution in [0.1, 0.15) is 196 Å². The van der Waals surface area contributed by atoms with Crippen molar-refractivity contribution in [1.29, 1.82) is 0 Å². The highest BCUT2D eigenvalue weighted by Crippen LogP contribution is 2.58. The number of unbranched alkanes of at least 4 members (excludes halogenated alkanes) is 18. The zero-order valence-corrected chi connectivity index (χ0v) is 32.7. The minimum Gasteiger partial charge on any atom is -0.486 e. The van der Waals surface area contributed by atoms with Gasteiger partial charge in [-0.3, -0.25) is 0 Å². The highest BCUT2D eigenvalue weighted by molar-refractivity contribution is 5.73. The number of ether oxygens (including phenoxy) is 6. The number of hydrogen-bond acceptors (Lipinski definition) is 6. The summed E-state index contributed by atoms with van der Waals surface area (Å²) in [5.41, 5.74) is 0. The van der Waals surface area contributed by atoms with E-state index < -0.39 is 0 Å². The minimum absolute atomic E-state index is 0.599. The molecule has 282 valence electrons. The number of benzene rings is 1. The third kappa shape index (κ3) is 19.9. The Balaban J connectivity index is 3.73. The van der Waals surface area contributed by atoms with Crippen molar-refractivity contribution in [2.45, 2.75) is 196 Å². The van der Waals surface area contributed by atoms with Crippen LogP contribution in [0.4, 0.5) is 0 Å². The van der Waals surface area contributed by atoms with E-state index in [1.165, 1.54) is 77.0 Å². The molecule has 0 bridgehead atoms. The summed E-state index contributed by atoms with van der Waals surface area (Å²) >= 11 is 0. The van der Waals surface area contributed by atoms with Gasteiger partial charge >= 0.3 is 0 Å². The number of rotatable bonds is 36. The van der Waals surface area contributed by atoms with E-state index >= 15 is 0 Å². The van der Waals surface area contributed by atoms with Gasteiger partial charge in [-0.05, 0) is 38.5 Å². The van der Waals surface area contributed by atoms with Crippen molar-refractivity contribution in [2.75, 3.05) is 39.6 Å². The predicted octanol–water partition coefficient (Wildman–Crippen LogP) is 13.4. The lowest BCUT2D eigenvalue weighted by Crippen LogP contribution is -2.13. The highest BCUT2D eigenvalue weighted by Gasteiger charge is 2.32. The molecule has 0 spiro atoms. The van der Waals surface area contributed by atoms with Crippen LogP contribution in [0.3, 0.4) is 0 Å². The molecule has 0 unspecified atom stereocenters. The number of hydrogen-bond donors (Lipinski definition) is 0. The fraction of sp³-hybridized carbons (Fsp3) is 0.857. The van der Waals surface area contributed by atoms with Crippen molar-refractivity contribution in [1.82, 2.24) is 0 Å². The largest absolute Gasteiger partial charge is 0.486 e. The molecule has 1 aromatic carbocycles. The molecule has 0 aliphatic heterocycles. The van der Waals surface area contributed by atoms with Gasteiger partial charge in [0.15, 0.2) is 0 Å². The van der Waals surface area contributed by atoms with Gasteiger partial charge in [0.05, 0.1) is 39.6 Å². The third-order valence-corrected chi connectivity index (χ3v) is 8.70. The summed E-state index contributed by atoms with van der Waals surface area (Å²) in [7, 11) is 0. The third-order valence-electron chi connectivity index (χ3n) is 8.70. The van der Waals surface area contributed by atoms with E-state index in [1.807, 2.05) is 0 Å². The van der Waals surface area contributed by atoms with E-state index in [0.717, 1.165) is 77.0 Å².